The van der Waals surface area contributed by atoms with Gasteiger partial charge in [-0.2, -0.15) is 0 Å². The molecule has 8 heteroatoms. The van der Waals surface area contributed by atoms with Gasteiger partial charge in [0.1, 0.15) is 0 Å². The standard InChI is InChI=1S/C21H22ClN3O4/c1-13-15(22)6-4-7-16(13)24-20(26)8-5-9-25-12-23-17-11-19(29-3)18(28-2)10-14(17)21(25)27/h4,6-7,10-12H,5,8-9H2,1-3H3,(H,24,26). The van der Waals surface area contributed by atoms with Gasteiger partial charge in [0.25, 0.3) is 5.56 Å². The lowest BCUT2D eigenvalue weighted by atomic mass is 10.2. The van der Waals surface area contributed by atoms with Crippen molar-refractivity contribution in [2.75, 3.05) is 19.5 Å². The number of hydrogen-bond acceptors (Lipinski definition) is 5. The van der Waals surface area contributed by atoms with Gasteiger partial charge in [-0.15, -0.1) is 0 Å². The smallest absolute Gasteiger partial charge is 0.261 e. The minimum Gasteiger partial charge on any atom is -0.493 e. The largest absolute Gasteiger partial charge is 0.493 e. The molecule has 3 aromatic rings. The van der Waals surface area contributed by atoms with Crippen molar-refractivity contribution in [1.29, 1.82) is 0 Å². The molecule has 2 aromatic carbocycles. The van der Waals surface area contributed by atoms with Crippen LogP contribution in [0.25, 0.3) is 10.9 Å². The van der Waals surface area contributed by atoms with E-state index in [1.54, 1.807) is 30.3 Å². The summed E-state index contributed by atoms with van der Waals surface area (Å²) < 4.78 is 12.0. The highest BCUT2D eigenvalue weighted by Gasteiger charge is 2.12. The van der Waals surface area contributed by atoms with Gasteiger partial charge in [0.05, 0.1) is 31.4 Å². The van der Waals surface area contributed by atoms with Gasteiger partial charge in [-0.3, -0.25) is 14.2 Å². The van der Waals surface area contributed by atoms with Crippen LogP contribution in [-0.4, -0.2) is 29.7 Å². The number of amides is 1. The van der Waals surface area contributed by atoms with Crippen molar-refractivity contribution < 1.29 is 14.3 Å². The van der Waals surface area contributed by atoms with Crippen LogP contribution in [0.15, 0.2) is 41.5 Å². The molecule has 0 aliphatic rings. The lowest BCUT2D eigenvalue weighted by molar-refractivity contribution is -0.116. The zero-order chi connectivity index (χ0) is 21.0. The third-order valence-corrected chi connectivity index (χ3v) is 5.08. The number of anilines is 1. The van der Waals surface area contributed by atoms with Crippen LogP contribution in [0.2, 0.25) is 5.02 Å². The minimum absolute atomic E-state index is 0.136. The summed E-state index contributed by atoms with van der Waals surface area (Å²) in [5, 5.41) is 3.89. The minimum atomic E-state index is -0.193. The molecule has 1 heterocycles. The zero-order valence-corrected chi connectivity index (χ0v) is 17.2. The van der Waals surface area contributed by atoms with E-state index in [9.17, 15) is 9.59 Å². The van der Waals surface area contributed by atoms with E-state index in [4.69, 9.17) is 21.1 Å². The van der Waals surface area contributed by atoms with Crippen LogP contribution >= 0.6 is 11.6 Å². The molecule has 0 aliphatic carbocycles. The summed E-state index contributed by atoms with van der Waals surface area (Å²) in [6.45, 7) is 2.22. The second-order valence-corrected chi connectivity index (χ2v) is 6.94. The molecule has 0 saturated carbocycles. The highest BCUT2D eigenvalue weighted by Crippen LogP contribution is 2.29. The van der Waals surface area contributed by atoms with Gasteiger partial charge in [0, 0.05) is 29.7 Å². The normalized spacial score (nSPS) is 10.8. The maximum absolute atomic E-state index is 12.8. The zero-order valence-electron chi connectivity index (χ0n) is 16.5. The van der Waals surface area contributed by atoms with Crippen molar-refractivity contribution in [2.45, 2.75) is 26.3 Å². The van der Waals surface area contributed by atoms with Crippen LogP contribution in [-0.2, 0) is 11.3 Å². The highest BCUT2D eigenvalue weighted by molar-refractivity contribution is 6.31. The van der Waals surface area contributed by atoms with E-state index >= 15 is 0 Å². The number of methoxy groups -OCH3 is 2. The molecule has 0 atom stereocenters. The molecule has 0 saturated heterocycles. The Morgan fingerprint density at radius 3 is 2.66 bits per heavy atom. The molecule has 0 radical (unpaired) electrons. The van der Waals surface area contributed by atoms with Gasteiger partial charge in [0.2, 0.25) is 5.91 Å². The molecule has 0 spiro atoms. The van der Waals surface area contributed by atoms with Crippen molar-refractivity contribution >= 4 is 34.1 Å². The predicted molar refractivity (Wildman–Crippen MR) is 113 cm³/mol. The molecule has 29 heavy (non-hydrogen) atoms. The van der Waals surface area contributed by atoms with Crippen molar-refractivity contribution in [3.05, 3.63) is 57.6 Å². The number of nitrogens with one attached hydrogen (secondary N) is 1. The molecular weight excluding hydrogens is 394 g/mol. The Morgan fingerprint density at radius 2 is 1.93 bits per heavy atom. The second kappa shape index (κ2) is 8.96. The summed E-state index contributed by atoms with van der Waals surface area (Å²) >= 11 is 6.07. The fourth-order valence-corrected chi connectivity index (χ4v) is 3.18. The van der Waals surface area contributed by atoms with E-state index in [-0.39, 0.29) is 17.9 Å². The first-order chi connectivity index (χ1) is 13.9. The van der Waals surface area contributed by atoms with Crippen molar-refractivity contribution in [3.63, 3.8) is 0 Å². The number of rotatable bonds is 7. The van der Waals surface area contributed by atoms with Crippen molar-refractivity contribution in [1.82, 2.24) is 9.55 Å². The maximum Gasteiger partial charge on any atom is 0.261 e. The molecule has 7 nitrogen and oxygen atoms in total. The molecule has 1 aromatic heterocycles. The molecular formula is C21H22ClN3O4. The summed E-state index contributed by atoms with van der Waals surface area (Å²) in [5.41, 5.74) is 1.84. The number of aromatic nitrogens is 2. The van der Waals surface area contributed by atoms with Gasteiger partial charge < -0.3 is 14.8 Å². The number of carbonyl (C=O) groups is 1. The van der Waals surface area contributed by atoms with Gasteiger partial charge in [0.15, 0.2) is 11.5 Å². The fourth-order valence-electron chi connectivity index (χ4n) is 3.01. The molecule has 0 aliphatic heterocycles. The lowest BCUT2D eigenvalue weighted by Crippen LogP contribution is -2.22. The Balaban J connectivity index is 1.69. The van der Waals surface area contributed by atoms with E-state index in [0.717, 1.165) is 5.56 Å². The molecule has 0 unspecified atom stereocenters. The fraction of sp³-hybridized carbons (Fsp3) is 0.286. The van der Waals surface area contributed by atoms with E-state index < -0.39 is 0 Å². The van der Waals surface area contributed by atoms with E-state index in [0.29, 0.717) is 46.1 Å². The lowest BCUT2D eigenvalue weighted by Gasteiger charge is -2.11. The quantitative estimate of drug-likeness (QED) is 0.634. The average Bonchev–Trinajstić information content (AvgIpc) is 2.72. The third kappa shape index (κ3) is 4.51. The van der Waals surface area contributed by atoms with E-state index in [1.165, 1.54) is 25.1 Å². The number of fused-ring (bicyclic) bond motifs is 1. The molecule has 0 bridgehead atoms. The molecule has 3 rings (SSSR count). The second-order valence-electron chi connectivity index (χ2n) is 6.53. The maximum atomic E-state index is 12.8. The van der Waals surface area contributed by atoms with Gasteiger partial charge in [-0.25, -0.2) is 4.98 Å². The topological polar surface area (TPSA) is 82.5 Å². The number of nitrogens with zero attached hydrogens (tertiary/aromatic N) is 2. The number of halogens is 1. The van der Waals surface area contributed by atoms with Gasteiger partial charge in [-0.1, -0.05) is 17.7 Å². The molecule has 0 fully saturated rings. The first kappa shape index (κ1) is 20.7. The Labute approximate surface area is 173 Å². The molecule has 1 amide bonds. The SMILES string of the molecule is COc1cc2ncn(CCCC(=O)Nc3cccc(Cl)c3C)c(=O)c2cc1OC. The van der Waals surface area contributed by atoms with Gasteiger partial charge >= 0.3 is 0 Å². The van der Waals surface area contributed by atoms with Crippen LogP contribution in [0.3, 0.4) is 0 Å². The van der Waals surface area contributed by atoms with Crippen LogP contribution < -0.4 is 20.3 Å². The van der Waals surface area contributed by atoms with Crippen LogP contribution in [0.1, 0.15) is 18.4 Å². The monoisotopic (exact) mass is 415 g/mol. The van der Waals surface area contributed by atoms with Crippen LogP contribution in [0.5, 0.6) is 11.5 Å². The number of benzene rings is 2. The summed E-state index contributed by atoms with van der Waals surface area (Å²) in [4.78, 5) is 29.3. The highest BCUT2D eigenvalue weighted by atomic mass is 35.5. The summed E-state index contributed by atoms with van der Waals surface area (Å²) in [7, 11) is 3.04. The number of carbonyl (C=O) groups excluding carboxylic acids is 1. The summed E-state index contributed by atoms with van der Waals surface area (Å²) in [6.07, 6.45) is 2.24. The average molecular weight is 416 g/mol. The Bertz CT molecular complexity index is 1110. The molecule has 152 valence electrons. The Morgan fingerprint density at radius 1 is 1.21 bits per heavy atom. The summed E-state index contributed by atoms with van der Waals surface area (Å²) in [5.74, 6) is 0.842. The van der Waals surface area contributed by atoms with Crippen molar-refractivity contribution in [3.8, 4) is 11.5 Å². The van der Waals surface area contributed by atoms with E-state index in [1.807, 2.05) is 6.92 Å². The number of ether oxygens (including phenoxy) is 2. The third-order valence-electron chi connectivity index (χ3n) is 4.67. The van der Waals surface area contributed by atoms with E-state index in [2.05, 4.69) is 10.3 Å². The Hall–Kier alpha value is -3.06. The van der Waals surface area contributed by atoms with Gasteiger partial charge in [-0.05, 0) is 37.1 Å². The van der Waals surface area contributed by atoms with Crippen LogP contribution in [0, 0.1) is 6.92 Å². The Kier molecular flexibility index (Phi) is 6.39. The number of aryl methyl sites for hydroxylation is 1. The van der Waals surface area contributed by atoms with Crippen LogP contribution in [0.4, 0.5) is 5.69 Å². The first-order valence-electron chi connectivity index (χ1n) is 9.10. The molecule has 1 N–H and O–H groups in total. The predicted octanol–water partition coefficient (Wildman–Crippen LogP) is 3.79. The first-order valence-corrected chi connectivity index (χ1v) is 9.48. The van der Waals surface area contributed by atoms with Crippen molar-refractivity contribution in [2.24, 2.45) is 0 Å². The number of hydrogen-bond donors (Lipinski definition) is 1. The summed E-state index contributed by atoms with van der Waals surface area (Å²) in [6, 6.07) is 8.65.